The molecule has 8 nitrogen and oxygen atoms in total. The van der Waals surface area contributed by atoms with Crippen LogP contribution in [0.25, 0.3) is 0 Å². The Bertz CT molecular complexity index is 1200. The zero-order valence-corrected chi connectivity index (χ0v) is 23.5. The predicted octanol–water partition coefficient (Wildman–Crippen LogP) is 4.42. The lowest BCUT2D eigenvalue weighted by atomic mass is 10.2. The van der Waals surface area contributed by atoms with Gasteiger partial charge in [0, 0.05) is 56.5 Å². The normalized spacial score (nSPS) is 13.7. The van der Waals surface area contributed by atoms with Crippen molar-refractivity contribution in [1.82, 2.24) is 19.2 Å². The third-order valence-corrected chi connectivity index (χ3v) is 6.40. The summed E-state index contributed by atoms with van der Waals surface area (Å²) in [5, 5.41) is 4.93. The minimum absolute atomic E-state index is 0. The maximum absolute atomic E-state index is 12.8. The van der Waals surface area contributed by atoms with Gasteiger partial charge in [-0.3, -0.25) is 9.47 Å². The van der Waals surface area contributed by atoms with Gasteiger partial charge in [0.15, 0.2) is 0 Å². The van der Waals surface area contributed by atoms with E-state index in [0.717, 1.165) is 62.0 Å². The van der Waals surface area contributed by atoms with Crippen molar-refractivity contribution in [3.05, 3.63) is 75.9 Å². The topological polar surface area (TPSA) is 87.0 Å². The Hall–Kier alpha value is -2.44. The predicted molar refractivity (Wildman–Crippen MR) is 151 cm³/mol. The summed E-state index contributed by atoms with van der Waals surface area (Å²) in [5.74, 6) is 0.154. The van der Waals surface area contributed by atoms with Gasteiger partial charge in [0.2, 0.25) is 0 Å². The SMILES string of the molecule is Cl.Cl.O.O=c1n(CCCOc2cccc(C(F)(F)F)c2)cnn1CCCN1CCN(c2cccc(Cl)c2)CC1. The number of alkyl halides is 3. The Morgan fingerprint density at radius 3 is 2.33 bits per heavy atom. The molecular weight excluding hydrogens is 582 g/mol. The molecule has 0 spiro atoms. The van der Waals surface area contributed by atoms with E-state index in [1.54, 1.807) is 0 Å². The first-order chi connectivity index (χ1) is 17.3. The van der Waals surface area contributed by atoms with Crippen molar-refractivity contribution in [3.63, 3.8) is 0 Å². The lowest BCUT2D eigenvalue weighted by Crippen LogP contribution is -2.46. The highest BCUT2D eigenvalue weighted by Gasteiger charge is 2.30. The molecule has 1 saturated heterocycles. The maximum Gasteiger partial charge on any atom is 0.416 e. The van der Waals surface area contributed by atoms with Gasteiger partial charge in [-0.1, -0.05) is 23.7 Å². The summed E-state index contributed by atoms with van der Waals surface area (Å²) >= 11 is 6.10. The Kier molecular flexibility index (Phi) is 14.2. The number of aromatic nitrogens is 3. The summed E-state index contributed by atoms with van der Waals surface area (Å²) in [5.41, 5.74) is 0.194. The van der Waals surface area contributed by atoms with E-state index < -0.39 is 11.7 Å². The molecule has 2 aromatic carbocycles. The fourth-order valence-electron chi connectivity index (χ4n) is 4.21. The van der Waals surface area contributed by atoms with Crippen LogP contribution in [0, 0.1) is 0 Å². The number of rotatable bonds is 10. The lowest BCUT2D eigenvalue weighted by Gasteiger charge is -2.36. The molecule has 0 atom stereocenters. The van der Waals surface area contributed by atoms with Crippen LogP contribution in [0.4, 0.5) is 18.9 Å². The van der Waals surface area contributed by atoms with Crippen LogP contribution in [0.15, 0.2) is 59.7 Å². The van der Waals surface area contributed by atoms with Crippen LogP contribution in [0.5, 0.6) is 5.75 Å². The molecule has 2 heterocycles. The second-order valence-corrected chi connectivity index (χ2v) is 9.16. The Morgan fingerprint density at radius 1 is 0.923 bits per heavy atom. The molecular formula is C25H33Cl3F3N5O3. The van der Waals surface area contributed by atoms with E-state index in [9.17, 15) is 18.0 Å². The molecule has 1 fully saturated rings. The van der Waals surface area contributed by atoms with E-state index in [0.29, 0.717) is 19.5 Å². The fourth-order valence-corrected chi connectivity index (χ4v) is 4.40. The minimum atomic E-state index is -4.41. The third-order valence-electron chi connectivity index (χ3n) is 6.16. The zero-order chi connectivity index (χ0) is 25.5. The summed E-state index contributed by atoms with van der Waals surface area (Å²) in [6.45, 7) is 5.73. The van der Waals surface area contributed by atoms with E-state index in [4.69, 9.17) is 16.3 Å². The van der Waals surface area contributed by atoms with Crippen molar-refractivity contribution in [2.75, 3.05) is 44.2 Å². The summed E-state index contributed by atoms with van der Waals surface area (Å²) in [4.78, 5) is 17.3. The van der Waals surface area contributed by atoms with Crippen LogP contribution in [0.1, 0.15) is 18.4 Å². The molecule has 0 aliphatic carbocycles. The number of hydrogen-bond donors (Lipinski definition) is 0. The van der Waals surface area contributed by atoms with Gasteiger partial charge in [0.25, 0.3) is 0 Å². The van der Waals surface area contributed by atoms with Crippen LogP contribution >= 0.6 is 36.4 Å². The van der Waals surface area contributed by atoms with Crippen LogP contribution in [-0.4, -0.2) is 64.1 Å². The van der Waals surface area contributed by atoms with Gasteiger partial charge in [-0.25, -0.2) is 9.48 Å². The number of nitrogens with zero attached hydrogens (tertiary/aromatic N) is 5. The second kappa shape index (κ2) is 16.0. The number of halogens is 6. The number of aryl methyl sites for hydroxylation is 2. The monoisotopic (exact) mass is 613 g/mol. The molecule has 1 aliphatic rings. The second-order valence-electron chi connectivity index (χ2n) is 8.72. The lowest BCUT2D eigenvalue weighted by molar-refractivity contribution is -0.137. The van der Waals surface area contributed by atoms with Gasteiger partial charge < -0.3 is 15.1 Å². The average molecular weight is 615 g/mol. The molecule has 1 aliphatic heterocycles. The van der Waals surface area contributed by atoms with Crippen molar-refractivity contribution >= 4 is 42.1 Å². The molecule has 218 valence electrons. The van der Waals surface area contributed by atoms with E-state index in [1.165, 1.54) is 27.7 Å². The van der Waals surface area contributed by atoms with Crippen molar-refractivity contribution in [3.8, 4) is 5.75 Å². The van der Waals surface area contributed by atoms with Gasteiger partial charge in [-0.15, -0.1) is 24.8 Å². The van der Waals surface area contributed by atoms with Crippen molar-refractivity contribution in [2.24, 2.45) is 0 Å². The number of piperazine rings is 1. The van der Waals surface area contributed by atoms with Crippen molar-refractivity contribution in [1.29, 1.82) is 0 Å². The summed E-state index contributed by atoms with van der Waals surface area (Å²) in [7, 11) is 0. The molecule has 0 bridgehead atoms. The molecule has 0 unspecified atom stereocenters. The van der Waals surface area contributed by atoms with Crippen LogP contribution in [0.2, 0.25) is 5.02 Å². The Morgan fingerprint density at radius 2 is 1.64 bits per heavy atom. The average Bonchev–Trinajstić information content (AvgIpc) is 3.21. The number of anilines is 1. The molecule has 0 saturated carbocycles. The minimum Gasteiger partial charge on any atom is -0.494 e. The third kappa shape index (κ3) is 9.91. The summed E-state index contributed by atoms with van der Waals surface area (Å²) in [6, 6.07) is 12.7. The number of benzene rings is 2. The largest absolute Gasteiger partial charge is 0.494 e. The molecule has 39 heavy (non-hydrogen) atoms. The first-order valence-electron chi connectivity index (χ1n) is 11.9. The zero-order valence-electron chi connectivity index (χ0n) is 21.1. The van der Waals surface area contributed by atoms with Crippen molar-refractivity contribution < 1.29 is 23.4 Å². The first kappa shape index (κ1) is 34.6. The van der Waals surface area contributed by atoms with Gasteiger partial charge in [-0.05, 0) is 49.2 Å². The standard InChI is InChI=1S/C25H29ClF3N5O2.2ClH.H2O/c26-21-6-2-7-22(18-21)32-14-12-31(13-15-32)9-3-11-34-24(35)33(19-30-34)10-4-16-36-23-8-1-5-20(17-23)25(27,28)29;;;/h1-2,5-8,17-19H,3-4,9-16H2;2*1H;1H2. The first-order valence-corrected chi connectivity index (χ1v) is 12.3. The maximum atomic E-state index is 12.8. The Balaban J connectivity index is 0.00000253. The van der Waals surface area contributed by atoms with Gasteiger partial charge in [0.1, 0.15) is 12.1 Å². The molecule has 0 amide bonds. The van der Waals surface area contributed by atoms with Crippen molar-refractivity contribution in [2.45, 2.75) is 32.1 Å². The highest BCUT2D eigenvalue weighted by molar-refractivity contribution is 6.30. The number of hydrogen-bond acceptors (Lipinski definition) is 5. The fraction of sp³-hybridized carbons (Fsp3) is 0.440. The van der Waals surface area contributed by atoms with Crippen LogP contribution in [-0.2, 0) is 19.3 Å². The van der Waals surface area contributed by atoms with Crippen LogP contribution < -0.4 is 15.3 Å². The molecule has 14 heteroatoms. The number of ether oxygens (including phenoxy) is 1. The highest BCUT2D eigenvalue weighted by Crippen LogP contribution is 2.31. The molecule has 3 aromatic rings. The summed E-state index contributed by atoms with van der Waals surface area (Å²) in [6.07, 6.45) is -1.63. The molecule has 1 aromatic heterocycles. The highest BCUT2D eigenvalue weighted by atomic mass is 35.5. The van der Waals surface area contributed by atoms with E-state index in [2.05, 4.69) is 21.0 Å². The smallest absolute Gasteiger partial charge is 0.416 e. The molecule has 2 N–H and O–H groups in total. The van der Waals surface area contributed by atoms with Gasteiger partial charge >= 0.3 is 11.9 Å². The van der Waals surface area contributed by atoms with Crippen LogP contribution in [0.3, 0.4) is 0 Å². The van der Waals surface area contributed by atoms with E-state index in [-0.39, 0.29) is 48.3 Å². The van der Waals surface area contributed by atoms with E-state index >= 15 is 0 Å². The Labute approximate surface area is 242 Å². The van der Waals surface area contributed by atoms with E-state index in [1.807, 2.05) is 18.2 Å². The van der Waals surface area contributed by atoms with Gasteiger partial charge in [0.05, 0.1) is 12.2 Å². The molecule has 4 rings (SSSR count). The molecule has 0 radical (unpaired) electrons. The quantitative estimate of drug-likeness (QED) is 0.316. The van der Waals surface area contributed by atoms with Gasteiger partial charge in [-0.2, -0.15) is 18.3 Å². The summed E-state index contributed by atoms with van der Waals surface area (Å²) < 4.78 is 46.8.